The van der Waals surface area contributed by atoms with E-state index in [4.69, 9.17) is 5.73 Å². The summed E-state index contributed by atoms with van der Waals surface area (Å²) < 4.78 is 25.7. The van der Waals surface area contributed by atoms with Crippen molar-refractivity contribution < 1.29 is 13.2 Å². The number of carbonyl (C=O) groups excluding carboxylic acids is 1. The van der Waals surface area contributed by atoms with Crippen molar-refractivity contribution in [2.24, 2.45) is 7.05 Å². The van der Waals surface area contributed by atoms with E-state index < -0.39 is 21.1 Å². The highest BCUT2D eigenvalue weighted by Gasteiger charge is 2.37. The number of rotatable bonds is 3. The molecule has 0 radical (unpaired) electrons. The van der Waals surface area contributed by atoms with Gasteiger partial charge in [-0.25, -0.2) is 8.42 Å². The molecule has 1 aromatic rings. The molecule has 2 heterocycles. The number of amides is 1. The Bertz CT molecular complexity index is 611. The van der Waals surface area contributed by atoms with Crippen LogP contribution in [0.5, 0.6) is 0 Å². The summed E-state index contributed by atoms with van der Waals surface area (Å²) in [6.45, 7) is 1.98. The smallest absolute Gasteiger partial charge is 0.277 e. The SMILES string of the molecule is CCS(=O)(=O)C1CSCCN1C(=O)c1nn(C)cc1N. The first-order valence-electron chi connectivity index (χ1n) is 6.26. The quantitative estimate of drug-likeness (QED) is 0.839. The first kappa shape index (κ1) is 15.2. The van der Waals surface area contributed by atoms with Crippen molar-refractivity contribution in [3.05, 3.63) is 11.9 Å². The van der Waals surface area contributed by atoms with Crippen molar-refractivity contribution in [1.82, 2.24) is 14.7 Å². The Balaban J connectivity index is 2.33. The molecule has 0 aromatic carbocycles. The summed E-state index contributed by atoms with van der Waals surface area (Å²) in [7, 11) is -1.65. The van der Waals surface area contributed by atoms with Gasteiger partial charge < -0.3 is 10.6 Å². The summed E-state index contributed by atoms with van der Waals surface area (Å²) >= 11 is 1.54. The van der Waals surface area contributed by atoms with Crippen LogP contribution < -0.4 is 5.73 Å². The number of nitrogen functional groups attached to an aromatic ring is 1. The second-order valence-electron chi connectivity index (χ2n) is 4.59. The third-order valence-corrected chi connectivity index (χ3v) is 6.51. The first-order valence-corrected chi connectivity index (χ1v) is 9.13. The molecule has 1 aromatic heterocycles. The van der Waals surface area contributed by atoms with Gasteiger partial charge in [0.15, 0.2) is 15.5 Å². The van der Waals surface area contributed by atoms with Crippen molar-refractivity contribution in [1.29, 1.82) is 0 Å². The molecular formula is C11H18N4O3S2. The molecule has 1 fully saturated rings. The van der Waals surface area contributed by atoms with E-state index in [0.29, 0.717) is 18.1 Å². The van der Waals surface area contributed by atoms with Crippen molar-refractivity contribution >= 4 is 33.2 Å². The van der Waals surface area contributed by atoms with Gasteiger partial charge in [0.1, 0.15) is 5.37 Å². The van der Waals surface area contributed by atoms with Crippen LogP contribution in [-0.2, 0) is 16.9 Å². The van der Waals surface area contributed by atoms with Crippen molar-refractivity contribution in [3.63, 3.8) is 0 Å². The van der Waals surface area contributed by atoms with E-state index >= 15 is 0 Å². The van der Waals surface area contributed by atoms with E-state index in [0.717, 1.165) is 0 Å². The lowest BCUT2D eigenvalue weighted by molar-refractivity contribution is 0.0743. The van der Waals surface area contributed by atoms with Gasteiger partial charge in [-0.1, -0.05) is 6.92 Å². The van der Waals surface area contributed by atoms with Crippen LogP contribution in [0.15, 0.2) is 6.20 Å². The van der Waals surface area contributed by atoms with Crippen LogP contribution in [-0.4, -0.2) is 58.2 Å². The number of anilines is 1. The maximum atomic E-state index is 12.5. The van der Waals surface area contributed by atoms with Gasteiger partial charge in [0.25, 0.3) is 5.91 Å². The van der Waals surface area contributed by atoms with Gasteiger partial charge in [0.05, 0.1) is 5.69 Å². The monoisotopic (exact) mass is 318 g/mol. The zero-order valence-electron chi connectivity index (χ0n) is 11.4. The topological polar surface area (TPSA) is 98.3 Å². The summed E-state index contributed by atoms with van der Waals surface area (Å²) in [5.74, 6) is 0.716. The highest BCUT2D eigenvalue weighted by atomic mass is 32.2. The van der Waals surface area contributed by atoms with E-state index in [1.54, 1.807) is 25.7 Å². The lowest BCUT2D eigenvalue weighted by atomic mass is 10.3. The summed E-state index contributed by atoms with van der Waals surface area (Å²) in [4.78, 5) is 13.9. The van der Waals surface area contributed by atoms with Crippen LogP contribution in [0, 0.1) is 0 Å². The van der Waals surface area contributed by atoms with Gasteiger partial charge in [0.2, 0.25) is 0 Å². The average molecular weight is 318 g/mol. The fourth-order valence-electron chi connectivity index (χ4n) is 2.11. The Morgan fingerprint density at radius 2 is 2.30 bits per heavy atom. The molecule has 1 aliphatic rings. The molecule has 112 valence electrons. The molecule has 2 N–H and O–H groups in total. The highest BCUT2D eigenvalue weighted by Crippen LogP contribution is 2.24. The van der Waals surface area contributed by atoms with Gasteiger partial charge in [-0.15, -0.1) is 0 Å². The molecule has 9 heteroatoms. The van der Waals surface area contributed by atoms with Gasteiger partial charge in [-0.05, 0) is 0 Å². The van der Waals surface area contributed by atoms with Crippen molar-refractivity contribution in [2.75, 3.05) is 29.5 Å². The Labute approximate surface area is 122 Å². The number of hydrogen-bond donors (Lipinski definition) is 1. The second kappa shape index (κ2) is 5.65. The highest BCUT2D eigenvalue weighted by molar-refractivity contribution is 8.01. The minimum absolute atomic E-state index is 0.0136. The number of aryl methyl sites for hydroxylation is 1. The van der Waals surface area contributed by atoms with Crippen LogP contribution in [0.2, 0.25) is 0 Å². The van der Waals surface area contributed by atoms with Gasteiger partial charge in [0, 0.05) is 37.0 Å². The zero-order chi connectivity index (χ0) is 14.9. The van der Waals surface area contributed by atoms with Crippen LogP contribution >= 0.6 is 11.8 Å². The Morgan fingerprint density at radius 1 is 1.60 bits per heavy atom. The van der Waals surface area contributed by atoms with Crippen molar-refractivity contribution in [3.8, 4) is 0 Å². The number of aromatic nitrogens is 2. The average Bonchev–Trinajstić information content (AvgIpc) is 2.77. The predicted molar refractivity (Wildman–Crippen MR) is 79.2 cm³/mol. The van der Waals surface area contributed by atoms with Crippen LogP contribution in [0.3, 0.4) is 0 Å². The number of nitrogens with zero attached hydrogens (tertiary/aromatic N) is 3. The summed E-state index contributed by atoms with van der Waals surface area (Å²) in [6.07, 6.45) is 1.54. The van der Waals surface area contributed by atoms with E-state index in [1.165, 1.54) is 15.8 Å². The molecule has 20 heavy (non-hydrogen) atoms. The minimum Gasteiger partial charge on any atom is -0.396 e. The lowest BCUT2D eigenvalue weighted by Crippen LogP contribution is -2.50. The van der Waals surface area contributed by atoms with Crippen LogP contribution in [0.1, 0.15) is 17.4 Å². The molecule has 1 unspecified atom stereocenters. The molecule has 1 atom stereocenters. The number of carbonyl (C=O) groups is 1. The number of sulfone groups is 1. The molecule has 1 aliphatic heterocycles. The molecule has 0 aliphatic carbocycles. The van der Waals surface area contributed by atoms with E-state index in [-0.39, 0.29) is 17.1 Å². The Hall–Kier alpha value is -1.22. The van der Waals surface area contributed by atoms with E-state index in [1.807, 2.05) is 0 Å². The summed E-state index contributed by atoms with van der Waals surface area (Å²) in [5, 5.41) is 3.23. The second-order valence-corrected chi connectivity index (χ2v) is 8.18. The third-order valence-electron chi connectivity index (χ3n) is 3.22. The maximum absolute atomic E-state index is 12.5. The van der Waals surface area contributed by atoms with Gasteiger partial charge in [-0.3, -0.25) is 9.48 Å². The number of thioether (sulfide) groups is 1. The minimum atomic E-state index is -3.32. The normalized spacial score (nSPS) is 20.1. The van der Waals surface area contributed by atoms with E-state index in [2.05, 4.69) is 5.10 Å². The van der Waals surface area contributed by atoms with Crippen LogP contribution in [0.4, 0.5) is 5.69 Å². The molecule has 1 saturated heterocycles. The molecule has 7 nitrogen and oxygen atoms in total. The largest absolute Gasteiger partial charge is 0.396 e. The van der Waals surface area contributed by atoms with Gasteiger partial charge >= 0.3 is 0 Å². The molecule has 2 rings (SSSR count). The van der Waals surface area contributed by atoms with Gasteiger partial charge in [-0.2, -0.15) is 16.9 Å². The molecule has 1 amide bonds. The fourth-order valence-corrected chi connectivity index (χ4v) is 5.08. The molecule has 0 spiro atoms. The summed E-state index contributed by atoms with van der Waals surface area (Å²) in [6, 6.07) is 0. The number of nitrogens with two attached hydrogens (primary N) is 1. The molecular weight excluding hydrogens is 300 g/mol. The molecule has 0 saturated carbocycles. The lowest BCUT2D eigenvalue weighted by Gasteiger charge is -2.34. The molecule has 0 bridgehead atoms. The maximum Gasteiger partial charge on any atom is 0.277 e. The fraction of sp³-hybridized carbons (Fsp3) is 0.636. The van der Waals surface area contributed by atoms with Crippen LogP contribution in [0.25, 0.3) is 0 Å². The third kappa shape index (κ3) is 2.78. The van der Waals surface area contributed by atoms with Crippen molar-refractivity contribution in [2.45, 2.75) is 12.3 Å². The zero-order valence-corrected chi connectivity index (χ0v) is 13.1. The predicted octanol–water partition coefficient (Wildman–Crippen LogP) is -0.0479. The Kier molecular flexibility index (Phi) is 4.28. The first-order chi connectivity index (χ1) is 9.36. The Morgan fingerprint density at radius 3 is 2.85 bits per heavy atom. The van der Waals surface area contributed by atoms with E-state index in [9.17, 15) is 13.2 Å². The summed E-state index contributed by atoms with van der Waals surface area (Å²) in [5.41, 5.74) is 6.14. The number of hydrogen-bond acceptors (Lipinski definition) is 6. The standard InChI is InChI=1S/C11H18N4O3S2/c1-3-20(17,18)9-7-19-5-4-15(9)11(16)10-8(12)6-14(2)13-10/h6,9H,3-5,7,12H2,1-2H3.